The highest BCUT2D eigenvalue weighted by atomic mass is 16.4. The summed E-state index contributed by atoms with van der Waals surface area (Å²) in [7, 11) is 0. The Hall–Kier alpha value is -1.39. The van der Waals surface area contributed by atoms with Crippen LogP contribution in [0.15, 0.2) is 0 Å². The van der Waals surface area contributed by atoms with E-state index in [9.17, 15) is 14.4 Å². The number of carbonyl (C=O) groups excluding carboxylic acids is 1. The van der Waals surface area contributed by atoms with Crippen LogP contribution >= 0.6 is 0 Å². The Bertz CT molecular complexity index is 210. The van der Waals surface area contributed by atoms with Crippen molar-refractivity contribution < 1.29 is 24.6 Å². The molecule has 12 heavy (non-hydrogen) atoms. The first-order valence-corrected chi connectivity index (χ1v) is 3.40. The summed E-state index contributed by atoms with van der Waals surface area (Å²) in [6.45, 7) is 1.46. The summed E-state index contributed by atoms with van der Waals surface area (Å²) in [6, 6.07) is 0. The van der Waals surface area contributed by atoms with Gasteiger partial charge in [-0.25, -0.2) is 0 Å². The molecular formula is C7H10O5. The minimum absolute atomic E-state index is 0.0157. The molecule has 0 fully saturated rings. The zero-order chi connectivity index (χ0) is 9.78. The van der Waals surface area contributed by atoms with Crippen LogP contribution in [0, 0.1) is 5.41 Å². The highest BCUT2D eigenvalue weighted by Crippen LogP contribution is 2.23. The van der Waals surface area contributed by atoms with Gasteiger partial charge in [0.2, 0.25) is 0 Å². The van der Waals surface area contributed by atoms with E-state index in [4.69, 9.17) is 10.2 Å². The Morgan fingerprint density at radius 3 is 2.00 bits per heavy atom. The fourth-order valence-corrected chi connectivity index (χ4v) is 0.797. The van der Waals surface area contributed by atoms with Crippen LogP contribution in [0.2, 0.25) is 0 Å². The normalized spacial score (nSPS) is 14.8. The van der Waals surface area contributed by atoms with E-state index in [-0.39, 0.29) is 12.7 Å². The smallest absolute Gasteiger partial charge is 0.317 e. The fourth-order valence-electron chi connectivity index (χ4n) is 0.797. The number of carboxylic acids is 2. The molecule has 0 radical (unpaired) electrons. The van der Waals surface area contributed by atoms with Gasteiger partial charge >= 0.3 is 11.9 Å². The number of rotatable bonds is 5. The van der Waals surface area contributed by atoms with Crippen LogP contribution in [0.4, 0.5) is 0 Å². The van der Waals surface area contributed by atoms with Crippen molar-refractivity contribution in [2.75, 3.05) is 0 Å². The first kappa shape index (κ1) is 10.6. The average molecular weight is 174 g/mol. The molecule has 0 rings (SSSR count). The molecule has 1 unspecified atom stereocenters. The summed E-state index contributed by atoms with van der Waals surface area (Å²) in [5.41, 5.74) is -1.76. The predicted octanol–water partition coefficient (Wildman–Crippen LogP) is 0.141. The standard InChI is InChI=1S/C7H10O5/c1-2-7(4-8,6(11)12)3-5(9)10/h4H,2-3H2,1H3,(H,9,10)(H,11,12). The third-order valence-corrected chi connectivity index (χ3v) is 1.75. The summed E-state index contributed by atoms with van der Waals surface area (Å²) in [5, 5.41) is 16.9. The molecule has 68 valence electrons. The highest BCUT2D eigenvalue weighted by Gasteiger charge is 2.38. The third-order valence-electron chi connectivity index (χ3n) is 1.75. The Labute approximate surface area is 69.0 Å². The first-order chi connectivity index (χ1) is 5.48. The maximum atomic E-state index is 10.5. The van der Waals surface area contributed by atoms with E-state index < -0.39 is 23.8 Å². The molecule has 0 aliphatic heterocycles. The number of hydrogen-bond acceptors (Lipinski definition) is 3. The molecule has 0 bridgehead atoms. The molecule has 0 saturated carbocycles. The topological polar surface area (TPSA) is 91.7 Å². The summed E-state index contributed by atoms with van der Waals surface area (Å²) in [4.78, 5) is 31.1. The van der Waals surface area contributed by atoms with Gasteiger partial charge < -0.3 is 15.0 Å². The largest absolute Gasteiger partial charge is 0.481 e. The van der Waals surface area contributed by atoms with Crippen LogP contribution in [0.5, 0.6) is 0 Å². The van der Waals surface area contributed by atoms with Gasteiger partial charge in [-0.3, -0.25) is 9.59 Å². The van der Waals surface area contributed by atoms with Crippen molar-refractivity contribution in [3.63, 3.8) is 0 Å². The van der Waals surface area contributed by atoms with Crippen molar-refractivity contribution in [1.82, 2.24) is 0 Å². The fraction of sp³-hybridized carbons (Fsp3) is 0.571. The first-order valence-electron chi connectivity index (χ1n) is 3.40. The maximum absolute atomic E-state index is 10.5. The molecule has 1 atom stereocenters. The van der Waals surface area contributed by atoms with E-state index in [1.165, 1.54) is 6.92 Å². The summed E-state index contributed by atoms with van der Waals surface area (Å²) in [6.07, 6.45) is -0.496. The van der Waals surface area contributed by atoms with Crippen LogP contribution in [0.25, 0.3) is 0 Å². The third kappa shape index (κ3) is 2.05. The lowest BCUT2D eigenvalue weighted by atomic mass is 9.83. The Kier molecular flexibility index (Phi) is 3.40. The summed E-state index contributed by atoms with van der Waals surface area (Å²) < 4.78 is 0. The number of carbonyl (C=O) groups is 3. The van der Waals surface area contributed by atoms with Gasteiger partial charge in [0.1, 0.15) is 11.7 Å². The highest BCUT2D eigenvalue weighted by molar-refractivity contribution is 5.95. The van der Waals surface area contributed by atoms with Crippen molar-refractivity contribution in [3.05, 3.63) is 0 Å². The Balaban J connectivity index is 4.69. The molecule has 0 saturated heterocycles. The van der Waals surface area contributed by atoms with E-state index in [2.05, 4.69) is 0 Å². The van der Waals surface area contributed by atoms with Gasteiger partial charge in [-0.05, 0) is 6.42 Å². The SMILES string of the molecule is CCC(C=O)(CC(=O)O)C(=O)O. The summed E-state index contributed by atoms with van der Waals surface area (Å²) in [5.74, 6) is -2.67. The number of aldehydes is 1. The molecule has 0 aromatic rings. The van der Waals surface area contributed by atoms with E-state index in [0.717, 1.165) is 0 Å². The average Bonchev–Trinajstić information content (AvgIpc) is 1.99. The quantitative estimate of drug-likeness (QED) is 0.457. The van der Waals surface area contributed by atoms with Gasteiger partial charge in [-0.2, -0.15) is 0 Å². The van der Waals surface area contributed by atoms with Crippen molar-refractivity contribution in [1.29, 1.82) is 0 Å². The summed E-state index contributed by atoms with van der Waals surface area (Å²) >= 11 is 0. The van der Waals surface area contributed by atoms with Crippen LogP contribution in [0.3, 0.4) is 0 Å². The van der Waals surface area contributed by atoms with Gasteiger partial charge in [0.15, 0.2) is 0 Å². The molecule has 0 amide bonds. The van der Waals surface area contributed by atoms with Gasteiger partial charge in [0.05, 0.1) is 6.42 Å². The Morgan fingerprint density at radius 1 is 1.42 bits per heavy atom. The van der Waals surface area contributed by atoms with Gasteiger partial charge in [0, 0.05) is 0 Å². The second-order valence-corrected chi connectivity index (χ2v) is 2.50. The molecule has 5 nitrogen and oxygen atoms in total. The van der Waals surface area contributed by atoms with Crippen molar-refractivity contribution in [2.45, 2.75) is 19.8 Å². The molecular weight excluding hydrogens is 164 g/mol. The second kappa shape index (κ2) is 3.85. The molecule has 0 spiro atoms. The Morgan fingerprint density at radius 2 is 1.92 bits per heavy atom. The molecule has 0 heterocycles. The van der Waals surface area contributed by atoms with Crippen LogP contribution < -0.4 is 0 Å². The minimum atomic E-state index is -1.76. The molecule has 0 aliphatic carbocycles. The number of aliphatic carboxylic acids is 2. The van der Waals surface area contributed by atoms with Crippen LogP contribution in [-0.2, 0) is 14.4 Å². The lowest BCUT2D eigenvalue weighted by molar-refractivity contribution is -0.157. The molecule has 0 aliphatic rings. The van der Waals surface area contributed by atoms with Crippen molar-refractivity contribution >= 4 is 18.2 Å². The van der Waals surface area contributed by atoms with Crippen molar-refractivity contribution in [2.24, 2.45) is 5.41 Å². The lowest BCUT2D eigenvalue weighted by Crippen LogP contribution is -2.34. The molecule has 0 aromatic heterocycles. The van der Waals surface area contributed by atoms with E-state index in [1.807, 2.05) is 0 Å². The van der Waals surface area contributed by atoms with Crippen LogP contribution in [-0.4, -0.2) is 28.4 Å². The van der Waals surface area contributed by atoms with E-state index in [0.29, 0.717) is 0 Å². The second-order valence-electron chi connectivity index (χ2n) is 2.50. The van der Waals surface area contributed by atoms with Gasteiger partial charge in [-0.15, -0.1) is 0 Å². The van der Waals surface area contributed by atoms with Gasteiger partial charge in [0.25, 0.3) is 0 Å². The zero-order valence-electron chi connectivity index (χ0n) is 6.61. The minimum Gasteiger partial charge on any atom is -0.481 e. The predicted molar refractivity (Wildman–Crippen MR) is 38.7 cm³/mol. The molecule has 5 heteroatoms. The number of hydrogen-bond donors (Lipinski definition) is 2. The van der Waals surface area contributed by atoms with Gasteiger partial charge in [-0.1, -0.05) is 6.92 Å². The number of carboxylic acid groups (broad SMARTS) is 2. The lowest BCUT2D eigenvalue weighted by Gasteiger charge is -2.17. The van der Waals surface area contributed by atoms with Crippen LogP contribution in [0.1, 0.15) is 19.8 Å². The zero-order valence-corrected chi connectivity index (χ0v) is 6.61. The maximum Gasteiger partial charge on any atom is 0.317 e. The van der Waals surface area contributed by atoms with E-state index in [1.54, 1.807) is 0 Å². The molecule has 0 aromatic carbocycles. The van der Waals surface area contributed by atoms with Crippen molar-refractivity contribution in [3.8, 4) is 0 Å². The van der Waals surface area contributed by atoms with E-state index >= 15 is 0 Å². The monoisotopic (exact) mass is 174 g/mol. The molecule has 2 N–H and O–H groups in total.